The summed E-state index contributed by atoms with van der Waals surface area (Å²) in [6, 6.07) is 12.3. The molecule has 2 N–H and O–H groups in total. The maximum atomic E-state index is 11.8. The summed E-state index contributed by atoms with van der Waals surface area (Å²) in [4.78, 5) is 15.9. The number of benzene rings is 1. The summed E-state index contributed by atoms with van der Waals surface area (Å²) in [6.07, 6.45) is 5.10. The van der Waals surface area contributed by atoms with Gasteiger partial charge < -0.3 is 15.4 Å². The molecule has 1 aromatic heterocycles. The number of hydrogen-bond acceptors (Lipinski definition) is 4. The van der Waals surface area contributed by atoms with Crippen LogP contribution in [0.2, 0.25) is 0 Å². The van der Waals surface area contributed by atoms with Gasteiger partial charge in [0, 0.05) is 24.5 Å². The van der Waals surface area contributed by atoms with Crippen molar-refractivity contribution < 1.29 is 9.53 Å². The van der Waals surface area contributed by atoms with Gasteiger partial charge in [-0.15, -0.1) is 0 Å². The lowest BCUT2D eigenvalue weighted by Gasteiger charge is -2.36. The number of amides is 1. The molecule has 23 heavy (non-hydrogen) atoms. The van der Waals surface area contributed by atoms with Crippen LogP contribution < -0.4 is 10.6 Å². The molecule has 5 heteroatoms. The molecule has 120 valence electrons. The number of nitrogens with one attached hydrogen (secondary N) is 2. The number of pyridine rings is 1. The van der Waals surface area contributed by atoms with Gasteiger partial charge in [-0.2, -0.15) is 0 Å². The van der Waals surface area contributed by atoms with Crippen molar-refractivity contribution in [3.63, 3.8) is 0 Å². The first kappa shape index (κ1) is 15.3. The Hall–Kier alpha value is -2.56. The molecule has 0 aliphatic heterocycles. The number of anilines is 1. The lowest BCUT2D eigenvalue weighted by atomic mass is 9.86. The Kier molecular flexibility index (Phi) is 4.76. The maximum absolute atomic E-state index is 11.8. The van der Waals surface area contributed by atoms with Crippen molar-refractivity contribution in [3.05, 3.63) is 59.9 Å². The first-order valence-electron chi connectivity index (χ1n) is 7.84. The zero-order valence-corrected chi connectivity index (χ0v) is 13.2. The Morgan fingerprint density at radius 1 is 1.22 bits per heavy atom. The van der Waals surface area contributed by atoms with Crippen molar-refractivity contribution in [2.24, 2.45) is 0 Å². The van der Waals surface area contributed by atoms with E-state index in [1.807, 2.05) is 49.6 Å². The molecule has 0 spiro atoms. The van der Waals surface area contributed by atoms with Crippen LogP contribution in [0.3, 0.4) is 0 Å². The van der Waals surface area contributed by atoms with Crippen molar-refractivity contribution >= 4 is 11.8 Å². The van der Waals surface area contributed by atoms with Crippen molar-refractivity contribution in [3.8, 4) is 0 Å². The summed E-state index contributed by atoms with van der Waals surface area (Å²) < 4.78 is 5.22. The van der Waals surface area contributed by atoms with E-state index in [1.54, 1.807) is 0 Å². The van der Waals surface area contributed by atoms with Gasteiger partial charge >= 0.3 is 6.09 Å². The summed E-state index contributed by atoms with van der Waals surface area (Å²) >= 11 is 0. The molecule has 1 aromatic carbocycles. The van der Waals surface area contributed by atoms with Crippen LogP contribution in [0, 0.1) is 6.92 Å². The zero-order chi connectivity index (χ0) is 16.1. The lowest BCUT2D eigenvalue weighted by Crippen LogP contribution is -2.49. The number of aromatic nitrogens is 1. The number of nitrogens with zero attached hydrogens (tertiary/aromatic N) is 1. The minimum atomic E-state index is -0.352. The van der Waals surface area contributed by atoms with E-state index in [2.05, 4.69) is 21.7 Å². The molecule has 3 rings (SSSR count). The highest BCUT2D eigenvalue weighted by Crippen LogP contribution is 2.24. The molecule has 0 bridgehead atoms. The molecular weight excluding hydrogens is 290 g/mol. The molecule has 0 unspecified atom stereocenters. The highest BCUT2D eigenvalue weighted by atomic mass is 16.5. The van der Waals surface area contributed by atoms with Crippen molar-refractivity contribution in [2.75, 3.05) is 5.32 Å². The van der Waals surface area contributed by atoms with Crippen LogP contribution in [-0.4, -0.2) is 23.2 Å². The first-order valence-corrected chi connectivity index (χ1v) is 7.84. The largest absolute Gasteiger partial charge is 0.445 e. The van der Waals surface area contributed by atoms with E-state index in [4.69, 9.17) is 4.74 Å². The average molecular weight is 311 g/mol. The Morgan fingerprint density at radius 3 is 2.74 bits per heavy atom. The molecule has 1 heterocycles. The normalized spacial score (nSPS) is 19.5. The smallest absolute Gasteiger partial charge is 0.407 e. The van der Waals surface area contributed by atoms with Gasteiger partial charge in [-0.3, -0.25) is 4.98 Å². The molecule has 1 fully saturated rings. The minimum absolute atomic E-state index is 0.175. The van der Waals surface area contributed by atoms with E-state index in [-0.39, 0.29) is 12.1 Å². The highest BCUT2D eigenvalue weighted by Gasteiger charge is 2.30. The molecule has 0 saturated heterocycles. The van der Waals surface area contributed by atoms with E-state index < -0.39 is 0 Å². The third-order valence-corrected chi connectivity index (χ3v) is 3.92. The quantitative estimate of drug-likeness (QED) is 0.889. The van der Waals surface area contributed by atoms with E-state index >= 15 is 0 Å². The van der Waals surface area contributed by atoms with Crippen LogP contribution in [0.4, 0.5) is 10.5 Å². The van der Waals surface area contributed by atoms with Crippen LogP contribution in [0.1, 0.15) is 24.0 Å². The monoisotopic (exact) mass is 311 g/mol. The Labute approximate surface area is 136 Å². The number of hydrogen-bond donors (Lipinski definition) is 2. The van der Waals surface area contributed by atoms with Gasteiger partial charge in [0.15, 0.2) is 0 Å². The number of ether oxygens (including phenoxy) is 1. The fourth-order valence-electron chi connectivity index (χ4n) is 2.65. The van der Waals surface area contributed by atoms with Gasteiger partial charge in [0.2, 0.25) is 0 Å². The second kappa shape index (κ2) is 7.13. The predicted molar refractivity (Wildman–Crippen MR) is 89.2 cm³/mol. The summed E-state index contributed by atoms with van der Waals surface area (Å²) in [5.74, 6) is 0. The van der Waals surface area contributed by atoms with Crippen LogP contribution in [-0.2, 0) is 11.3 Å². The standard InChI is InChI=1S/C18H21N3O2/c1-13-7-17(11-19-10-13)20-15-8-16(9-15)21-18(22)23-12-14-5-3-2-4-6-14/h2-7,10-11,15-16,20H,8-9,12H2,1H3,(H,21,22). The Morgan fingerprint density at radius 2 is 2.00 bits per heavy atom. The average Bonchev–Trinajstić information content (AvgIpc) is 2.52. The Balaban J connectivity index is 1.36. The summed E-state index contributed by atoms with van der Waals surface area (Å²) in [7, 11) is 0. The SMILES string of the molecule is Cc1cncc(NC2CC(NC(=O)OCc3ccccc3)C2)c1. The van der Waals surface area contributed by atoms with Gasteiger partial charge in [0.05, 0.1) is 5.69 Å². The highest BCUT2D eigenvalue weighted by molar-refractivity contribution is 5.67. The third kappa shape index (κ3) is 4.45. The predicted octanol–water partition coefficient (Wildman–Crippen LogP) is 3.26. The van der Waals surface area contributed by atoms with E-state index in [1.165, 1.54) is 0 Å². The summed E-state index contributed by atoms with van der Waals surface area (Å²) in [5, 5.41) is 6.32. The second-order valence-corrected chi connectivity index (χ2v) is 5.97. The van der Waals surface area contributed by atoms with Crippen molar-refractivity contribution in [1.29, 1.82) is 0 Å². The van der Waals surface area contributed by atoms with E-state index in [9.17, 15) is 4.79 Å². The lowest BCUT2D eigenvalue weighted by molar-refractivity contribution is 0.129. The van der Waals surface area contributed by atoms with Crippen LogP contribution >= 0.6 is 0 Å². The van der Waals surface area contributed by atoms with E-state index in [0.717, 1.165) is 29.7 Å². The van der Waals surface area contributed by atoms with Crippen LogP contribution in [0.5, 0.6) is 0 Å². The van der Waals surface area contributed by atoms with Gasteiger partial charge in [0.1, 0.15) is 6.61 Å². The van der Waals surface area contributed by atoms with Crippen LogP contribution in [0.15, 0.2) is 48.8 Å². The molecule has 1 amide bonds. The molecule has 1 saturated carbocycles. The molecule has 5 nitrogen and oxygen atoms in total. The minimum Gasteiger partial charge on any atom is -0.445 e. The molecule has 0 atom stereocenters. The Bertz CT molecular complexity index is 654. The number of aryl methyl sites for hydroxylation is 1. The molecule has 1 aliphatic carbocycles. The first-order chi connectivity index (χ1) is 11.2. The number of alkyl carbamates (subject to hydrolysis) is 1. The maximum Gasteiger partial charge on any atom is 0.407 e. The number of carbonyl (C=O) groups is 1. The van der Waals surface area contributed by atoms with Crippen molar-refractivity contribution in [1.82, 2.24) is 10.3 Å². The van der Waals surface area contributed by atoms with Gasteiger partial charge in [-0.1, -0.05) is 30.3 Å². The van der Waals surface area contributed by atoms with E-state index in [0.29, 0.717) is 12.6 Å². The topological polar surface area (TPSA) is 63.2 Å². The molecule has 1 aliphatic rings. The number of rotatable bonds is 5. The zero-order valence-electron chi connectivity index (χ0n) is 13.2. The van der Waals surface area contributed by atoms with Gasteiger partial charge in [-0.05, 0) is 37.0 Å². The van der Waals surface area contributed by atoms with Crippen LogP contribution in [0.25, 0.3) is 0 Å². The summed E-state index contributed by atoms with van der Waals surface area (Å²) in [5.41, 5.74) is 3.15. The fraction of sp³-hybridized carbons (Fsp3) is 0.333. The van der Waals surface area contributed by atoms with Crippen molar-refractivity contribution in [2.45, 2.75) is 38.5 Å². The second-order valence-electron chi connectivity index (χ2n) is 5.97. The summed E-state index contributed by atoms with van der Waals surface area (Å²) in [6.45, 7) is 2.32. The third-order valence-electron chi connectivity index (χ3n) is 3.92. The van der Waals surface area contributed by atoms with Gasteiger partial charge in [0.25, 0.3) is 0 Å². The number of carbonyl (C=O) groups excluding carboxylic acids is 1. The van der Waals surface area contributed by atoms with Gasteiger partial charge in [-0.25, -0.2) is 4.79 Å². The molecule has 2 aromatic rings. The fourth-order valence-corrected chi connectivity index (χ4v) is 2.65. The molecule has 0 radical (unpaired) electrons. The molecular formula is C18H21N3O2.